The number of rotatable bonds is 3. The zero-order chi connectivity index (χ0) is 17.4. The van der Waals surface area contributed by atoms with Crippen LogP contribution in [0.2, 0.25) is 0 Å². The van der Waals surface area contributed by atoms with Crippen LogP contribution >= 0.6 is 0 Å². The predicted octanol–water partition coefficient (Wildman–Crippen LogP) is 2.62. The van der Waals surface area contributed by atoms with E-state index in [1.165, 1.54) is 10.7 Å². The second-order valence-electron chi connectivity index (χ2n) is 5.78. The number of carbonyl (C=O) groups excluding carboxylic acids is 1. The molecule has 0 bridgehead atoms. The van der Waals surface area contributed by atoms with E-state index in [0.29, 0.717) is 41.0 Å². The molecule has 1 saturated heterocycles. The van der Waals surface area contributed by atoms with Crippen LogP contribution in [0.25, 0.3) is 11.1 Å². The topological polar surface area (TPSA) is 92.5 Å². The maximum Gasteiger partial charge on any atom is 0.255 e. The summed E-state index contributed by atoms with van der Waals surface area (Å²) in [6.07, 6.45) is 1.97. The van der Waals surface area contributed by atoms with Crippen molar-refractivity contribution in [1.82, 2.24) is 4.98 Å². The van der Waals surface area contributed by atoms with E-state index < -0.39 is 10.0 Å². The lowest BCUT2D eigenvalue weighted by Gasteiger charge is -2.17. The standard InChI is InChI=1S/C17H15N3O4S/c21-17(19-13-4-7-15-16(10-13)24-11-18-15)12-2-5-14(6-3-12)20-8-1-9-25(20,22)23/h2-7,10-11H,1,8-9H2,(H,19,21). The number of amides is 1. The minimum absolute atomic E-state index is 0.166. The minimum Gasteiger partial charge on any atom is -0.443 e. The smallest absolute Gasteiger partial charge is 0.255 e. The summed E-state index contributed by atoms with van der Waals surface area (Å²) in [5.41, 5.74) is 2.93. The molecule has 1 amide bonds. The average molecular weight is 357 g/mol. The Morgan fingerprint density at radius 2 is 1.96 bits per heavy atom. The molecule has 1 aliphatic heterocycles. The molecule has 2 heterocycles. The molecule has 0 saturated carbocycles. The van der Waals surface area contributed by atoms with Crippen LogP contribution in [-0.4, -0.2) is 31.6 Å². The number of benzene rings is 2. The van der Waals surface area contributed by atoms with Crippen LogP contribution in [0, 0.1) is 0 Å². The van der Waals surface area contributed by atoms with Gasteiger partial charge in [0.15, 0.2) is 12.0 Å². The lowest BCUT2D eigenvalue weighted by Crippen LogP contribution is -2.25. The molecular formula is C17H15N3O4S. The Kier molecular flexibility index (Phi) is 3.69. The van der Waals surface area contributed by atoms with Gasteiger partial charge in [-0.3, -0.25) is 9.10 Å². The summed E-state index contributed by atoms with van der Waals surface area (Å²) in [4.78, 5) is 16.4. The first-order chi connectivity index (χ1) is 12.0. The van der Waals surface area contributed by atoms with Gasteiger partial charge in [-0.05, 0) is 42.8 Å². The van der Waals surface area contributed by atoms with E-state index >= 15 is 0 Å². The zero-order valence-electron chi connectivity index (χ0n) is 13.2. The van der Waals surface area contributed by atoms with Gasteiger partial charge in [0.25, 0.3) is 5.91 Å². The molecule has 4 rings (SSSR count). The summed E-state index contributed by atoms with van der Waals surface area (Å²) in [6, 6.07) is 11.7. The quantitative estimate of drug-likeness (QED) is 0.778. The Morgan fingerprint density at radius 1 is 1.16 bits per heavy atom. The van der Waals surface area contributed by atoms with E-state index in [2.05, 4.69) is 10.3 Å². The first kappa shape index (κ1) is 15.6. The van der Waals surface area contributed by atoms with Crippen molar-refractivity contribution in [2.24, 2.45) is 0 Å². The van der Waals surface area contributed by atoms with Crippen LogP contribution in [0.15, 0.2) is 53.3 Å². The van der Waals surface area contributed by atoms with Gasteiger partial charge in [-0.15, -0.1) is 0 Å². The van der Waals surface area contributed by atoms with Gasteiger partial charge in [-0.2, -0.15) is 0 Å². The Bertz CT molecular complexity index is 1040. The molecule has 1 fully saturated rings. The fraction of sp³-hybridized carbons (Fsp3) is 0.176. The minimum atomic E-state index is -3.22. The van der Waals surface area contributed by atoms with Crippen LogP contribution in [0.4, 0.5) is 11.4 Å². The molecule has 0 aliphatic carbocycles. The molecule has 3 aromatic rings. The van der Waals surface area contributed by atoms with Gasteiger partial charge >= 0.3 is 0 Å². The third-order valence-corrected chi connectivity index (χ3v) is 5.98. The number of nitrogens with zero attached hydrogens (tertiary/aromatic N) is 2. The fourth-order valence-electron chi connectivity index (χ4n) is 2.84. The molecule has 1 N–H and O–H groups in total. The second kappa shape index (κ2) is 5.89. The van der Waals surface area contributed by atoms with Gasteiger partial charge in [0.1, 0.15) is 5.52 Å². The Hall–Kier alpha value is -2.87. The van der Waals surface area contributed by atoms with Crippen LogP contribution in [0.1, 0.15) is 16.8 Å². The Morgan fingerprint density at radius 3 is 2.68 bits per heavy atom. The predicted molar refractivity (Wildman–Crippen MR) is 94.2 cm³/mol. The average Bonchev–Trinajstić information content (AvgIpc) is 3.20. The first-order valence-electron chi connectivity index (χ1n) is 7.78. The number of carbonyl (C=O) groups is 1. The molecule has 2 aromatic carbocycles. The van der Waals surface area contributed by atoms with E-state index in [-0.39, 0.29) is 11.7 Å². The molecule has 0 spiro atoms. The largest absolute Gasteiger partial charge is 0.443 e. The van der Waals surface area contributed by atoms with Crippen LogP contribution in [0.3, 0.4) is 0 Å². The SMILES string of the molecule is O=C(Nc1ccc2ncoc2c1)c1ccc(N2CCCS2(=O)=O)cc1. The van der Waals surface area contributed by atoms with Gasteiger partial charge in [-0.1, -0.05) is 0 Å². The summed E-state index contributed by atoms with van der Waals surface area (Å²) < 4.78 is 30.5. The van der Waals surface area contributed by atoms with Crippen molar-refractivity contribution in [2.75, 3.05) is 21.9 Å². The van der Waals surface area contributed by atoms with Crippen molar-refractivity contribution in [1.29, 1.82) is 0 Å². The number of hydrogen-bond donors (Lipinski definition) is 1. The Balaban J connectivity index is 1.52. The molecule has 0 unspecified atom stereocenters. The third-order valence-electron chi connectivity index (χ3n) is 4.11. The molecule has 8 heteroatoms. The normalized spacial score (nSPS) is 16.2. The summed E-state index contributed by atoms with van der Waals surface area (Å²) in [5.74, 6) is -0.117. The van der Waals surface area contributed by atoms with Gasteiger partial charge < -0.3 is 9.73 Å². The van der Waals surface area contributed by atoms with Crippen molar-refractivity contribution in [2.45, 2.75) is 6.42 Å². The lowest BCUT2D eigenvalue weighted by molar-refractivity contribution is 0.102. The summed E-state index contributed by atoms with van der Waals surface area (Å²) in [7, 11) is -3.22. The maximum atomic E-state index is 12.4. The van der Waals surface area contributed by atoms with Crippen molar-refractivity contribution < 1.29 is 17.6 Å². The van der Waals surface area contributed by atoms with E-state index in [9.17, 15) is 13.2 Å². The number of hydrogen-bond acceptors (Lipinski definition) is 5. The van der Waals surface area contributed by atoms with Crippen molar-refractivity contribution in [3.8, 4) is 0 Å². The van der Waals surface area contributed by atoms with Crippen LogP contribution in [-0.2, 0) is 10.0 Å². The summed E-state index contributed by atoms with van der Waals surface area (Å²) in [6.45, 7) is 0.477. The molecule has 7 nitrogen and oxygen atoms in total. The number of sulfonamides is 1. The highest BCUT2D eigenvalue weighted by atomic mass is 32.2. The molecule has 1 aromatic heterocycles. The molecule has 128 valence electrons. The monoisotopic (exact) mass is 357 g/mol. The number of fused-ring (bicyclic) bond motifs is 1. The summed E-state index contributed by atoms with van der Waals surface area (Å²) in [5, 5.41) is 2.79. The molecule has 0 radical (unpaired) electrons. The highest BCUT2D eigenvalue weighted by Gasteiger charge is 2.28. The van der Waals surface area contributed by atoms with Gasteiger partial charge in [0, 0.05) is 23.9 Å². The van der Waals surface area contributed by atoms with Crippen LogP contribution < -0.4 is 9.62 Å². The number of aromatic nitrogens is 1. The number of nitrogens with one attached hydrogen (secondary N) is 1. The highest BCUT2D eigenvalue weighted by Crippen LogP contribution is 2.24. The lowest BCUT2D eigenvalue weighted by atomic mass is 10.2. The second-order valence-corrected chi connectivity index (χ2v) is 7.79. The maximum absolute atomic E-state index is 12.4. The van der Waals surface area contributed by atoms with E-state index in [4.69, 9.17) is 4.42 Å². The molecule has 25 heavy (non-hydrogen) atoms. The van der Waals surface area contributed by atoms with Gasteiger partial charge in [-0.25, -0.2) is 13.4 Å². The third kappa shape index (κ3) is 2.96. The highest BCUT2D eigenvalue weighted by molar-refractivity contribution is 7.93. The van der Waals surface area contributed by atoms with E-state index in [0.717, 1.165) is 0 Å². The Labute approximate surface area is 144 Å². The van der Waals surface area contributed by atoms with Gasteiger partial charge in [0.05, 0.1) is 11.4 Å². The summed E-state index contributed by atoms with van der Waals surface area (Å²) >= 11 is 0. The van der Waals surface area contributed by atoms with Crippen molar-refractivity contribution in [3.63, 3.8) is 0 Å². The van der Waals surface area contributed by atoms with Crippen molar-refractivity contribution in [3.05, 3.63) is 54.4 Å². The van der Waals surface area contributed by atoms with E-state index in [1.54, 1.807) is 42.5 Å². The van der Waals surface area contributed by atoms with Crippen LogP contribution in [0.5, 0.6) is 0 Å². The molecular weight excluding hydrogens is 342 g/mol. The van der Waals surface area contributed by atoms with Crippen molar-refractivity contribution >= 4 is 38.4 Å². The number of anilines is 2. The van der Waals surface area contributed by atoms with E-state index in [1.807, 2.05) is 0 Å². The zero-order valence-corrected chi connectivity index (χ0v) is 14.0. The number of oxazole rings is 1. The molecule has 1 aliphatic rings. The van der Waals surface area contributed by atoms with Gasteiger partial charge in [0.2, 0.25) is 10.0 Å². The molecule has 0 atom stereocenters. The fourth-order valence-corrected chi connectivity index (χ4v) is 4.41. The first-order valence-corrected chi connectivity index (χ1v) is 9.39.